The standard InChI is InChI=1S/C24H25N5O/c1-30-22-8-2-6-19(13-22)20-9-10-23-26-24(27-29(23)17-20)21-7-4-12-28(16-21)15-18-5-3-11-25-14-18/h2-3,5-6,8-11,13-14,17,21H,4,7,12,15-16H2,1H3. The largest absolute Gasteiger partial charge is 0.497 e. The lowest BCUT2D eigenvalue weighted by Crippen LogP contribution is -2.34. The molecule has 30 heavy (non-hydrogen) atoms. The first kappa shape index (κ1) is 18.8. The highest BCUT2D eigenvalue weighted by atomic mass is 16.5. The molecule has 1 unspecified atom stereocenters. The molecule has 4 heterocycles. The lowest BCUT2D eigenvalue weighted by atomic mass is 9.97. The second-order valence-electron chi connectivity index (χ2n) is 7.86. The van der Waals surface area contributed by atoms with Crippen LogP contribution in [0.5, 0.6) is 5.75 Å². The van der Waals surface area contributed by atoms with Gasteiger partial charge >= 0.3 is 0 Å². The molecule has 0 radical (unpaired) electrons. The Morgan fingerprint density at radius 3 is 2.93 bits per heavy atom. The molecule has 1 atom stereocenters. The summed E-state index contributed by atoms with van der Waals surface area (Å²) in [4.78, 5) is 11.6. The average Bonchev–Trinajstić information content (AvgIpc) is 3.23. The molecule has 152 valence electrons. The Kier molecular flexibility index (Phi) is 5.15. The zero-order chi connectivity index (χ0) is 20.3. The number of hydrogen-bond acceptors (Lipinski definition) is 5. The van der Waals surface area contributed by atoms with Crippen molar-refractivity contribution in [1.29, 1.82) is 0 Å². The topological polar surface area (TPSA) is 55.5 Å². The van der Waals surface area contributed by atoms with Crippen LogP contribution in [0.3, 0.4) is 0 Å². The molecule has 0 saturated carbocycles. The highest BCUT2D eigenvalue weighted by Gasteiger charge is 2.25. The van der Waals surface area contributed by atoms with Crippen LogP contribution < -0.4 is 4.74 Å². The minimum Gasteiger partial charge on any atom is -0.497 e. The van der Waals surface area contributed by atoms with Crippen molar-refractivity contribution < 1.29 is 4.74 Å². The second-order valence-corrected chi connectivity index (χ2v) is 7.86. The Balaban J connectivity index is 1.36. The summed E-state index contributed by atoms with van der Waals surface area (Å²) in [5.41, 5.74) is 4.35. The van der Waals surface area contributed by atoms with Crippen molar-refractivity contribution >= 4 is 5.65 Å². The Labute approximate surface area is 176 Å². The number of fused-ring (bicyclic) bond motifs is 1. The van der Waals surface area contributed by atoms with Crippen LogP contribution in [0, 0.1) is 0 Å². The molecule has 1 fully saturated rings. The Morgan fingerprint density at radius 2 is 2.07 bits per heavy atom. The lowest BCUT2D eigenvalue weighted by molar-refractivity contribution is 0.196. The fourth-order valence-electron chi connectivity index (χ4n) is 4.21. The molecule has 1 aliphatic heterocycles. The van der Waals surface area contributed by atoms with Crippen molar-refractivity contribution in [2.24, 2.45) is 0 Å². The van der Waals surface area contributed by atoms with Crippen LogP contribution >= 0.6 is 0 Å². The number of methoxy groups -OCH3 is 1. The van der Waals surface area contributed by atoms with Crippen molar-refractivity contribution in [3.63, 3.8) is 0 Å². The third kappa shape index (κ3) is 3.91. The number of nitrogens with zero attached hydrogens (tertiary/aromatic N) is 5. The van der Waals surface area contributed by atoms with E-state index < -0.39 is 0 Å². The predicted molar refractivity (Wildman–Crippen MR) is 116 cm³/mol. The van der Waals surface area contributed by atoms with Crippen LogP contribution in [0.15, 0.2) is 67.1 Å². The molecule has 1 aliphatic rings. The van der Waals surface area contributed by atoms with E-state index in [2.05, 4.69) is 34.3 Å². The zero-order valence-corrected chi connectivity index (χ0v) is 17.1. The Morgan fingerprint density at radius 1 is 1.10 bits per heavy atom. The lowest BCUT2D eigenvalue weighted by Gasteiger charge is -2.31. The van der Waals surface area contributed by atoms with Gasteiger partial charge in [0.2, 0.25) is 0 Å². The molecule has 6 heteroatoms. The van der Waals surface area contributed by atoms with Gasteiger partial charge in [0.15, 0.2) is 11.5 Å². The van der Waals surface area contributed by atoms with Gasteiger partial charge in [-0.3, -0.25) is 9.88 Å². The molecule has 1 saturated heterocycles. The molecule has 0 aliphatic carbocycles. The molecule has 1 aromatic carbocycles. The maximum absolute atomic E-state index is 5.36. The van der Waals surface area contributed by atoms with E-state index in [1.165, 1.54) is 5.56 Å². The first-order valence-corrected chi connectivity index (χ1v) is 10.4. The summed E-state index contributed by atoms with van der Waals surface area (Å²) < 4.78 is 7.26. The maximum Gasteiger partial charge on any atom is 0.156 e. The van der Waals surface area contributed by atoms with Crippen LogP contribution in [0.25, 0.3) is 16.8 Å². The number of aromatic nitrogens is 4. The Bertz CT molecular complexity index is 1140. The minimum atomic E-state index is 0.357. The van der Waals surface area contributed by atoms with E-state index in [9.17, 15) is 0 Å². The van der Waals surface area contributed by atoms with E-state index in [0.717, 1.165) is 60.8 Å². The van der Waals surface area contributed by atoms with Gasteiger partial charge < -0.3 is 4.74 Å². The predicted octanol–water partition coefficient (Wildman–Crippen LogP) is 4.18. The average molecular weight is 399 g/mol. The summed E-state index contributed by atoms with van der Waals surface area (Å²) in [7, 11) is 1.69. The summed E-state index contributed by atoms with van der Waals surface area (Å²) in [6.45, 7) is 3.02. The van der Waals surface area contributed by atoms with Crippen LogP contribution in [0.4, 0.5) is 0 Å². The van der Waals surface area contributed by atoms with Crippen LogP contribution in [-0.2, 0) is 6.54 Å². The van der Waals surface area contributed by atoms with Gasteiger partial charge in [0, 0.05) is 43.2 Å². The van der Waals surface area contributed by atoms with Gasteiger partial charge in [0.25, 0.3) is 0 Å². The number of hydrogen-bond donors (Lipinski definition) is 0. The third-order valence-electron chi connectivity index (χ3n) is 5.75. The normalized spacial score (nSPS) is 17.3. The number of likely N-dealkylation sites (tertiary alicyclic amines) is 1. The molecule has 0 spiro atoms. The van der Waals surface area contributed by atoms with E-state index >= 15 is 0 Å². The summed E-state index contributed by atoms with van der Waals surface area (Å²) in [6.07, 6.45) is 8.12. The number of ether oxygens (including phenoxy) is 1. The summed E-state index contributed by atoms with van der Waals surface area (Å²) >= 11 is 0. The highest BCUT2D eigenvalue weighted by Crippen LogP contribution is 2.28. The monoisotopic (exact) mass is 399 g/mol. The van der Waals surface area contributed by atoms with Crippen molar-refractivity contribution in [2.45, 2.75) is 25.3 Å². The number of rotatable bonds is 5. The maximum atomic E-state index is 5.36. The molecule has 4 aromatic rings. The summed E-state index contributed by atoms with van der Waals surface area (Å²) in [6, 6.07) is 16.4. The first-order chi connectivity index (χ1) is 14.8. The van der Waals surface area contributed by atoms with E-state index in [0.29, 0.717) is 5.92 Å². The fraction of sp³-hybridized carbons (Fsp3) is 0.292. The van der Waals surface area contributed by atoms with Gasteiger partial charge in [-0.15, -0.1) is 0 Å². The van der Waals surface area contributed by atoms with Gasteiger partial charge in [-0.25, -0.2) is 9.50 Å². The molecule has 0 amide bonds. The minimum absolute atomic E-state index is 0.357. The van der Waals surface area contributed by atoms with Gasteiger partial charge in [-0.2, -0.15) is 5.10 Å². The number of pyridine rings is 2. The molecule has 0 bridgehead atoms. The van der Waals surface area contributed by atoms with E-state index in [1.807, 2.05) is 47.2 Å². The van der Waals surface area contributed by atoms with Crippen molar-refractivity contribution in [3.05, 3.63) is 78.5 Å². The number of piperidine rings is 1. The summed E-state index contributed by atoms with van der Waals surface area (Å²) in [5, 5.41) is 4.84. The smallest absolute Gasteiger partial charge is 0.156 e. The molecular formula is C24H25N5O. The van der Waals surface area contributed by atoms with Crippen LogP contribution in [0.2, 0.25) is 0 Å². The van der Waals surface area contributed by atoms with Crippen molar-refractivity contribution in [2.75, 3.05) is 20.2 Å². The SMILES string of the molecule is COc1cccc(-c2ccc3nc(C4CCCN(Cc5cccnc5)C4)nn3c2)c1. The second kappa shape index (κ2) is 8.24. The molecular weight excluding hydrogens is 374 g/mol. The van der Waals surface area contributed by atoms with E-state index in [-0.39, 0.29) is 0 Å². The van der Waals surface area contributed by atoms with Crippen molar-refractivity contribution in [1.82, 2.24) is 24.5 Å². The molecule has 0 N–H and O–H groups in total. The van der Waals surface area contributed by atoms with E-state index in [1.54, 1.807) is 7.11 Å². The highest BCUT2D eigenvalue weighted by molar-refractivity contribution is 5.65. The fourth-order valence-corrected chi connectivity index (χ4v) is 4.21. The zero-order valence-electron chi connectivity index (χ0n) is 17.1. The Hall–Kier alpha value is -3.25. The molecule has 6 nitrogen and oxygen atoms in total. The van der Waals surface area contributed by atoms with Gasteiger partial charge in [-0.05, 0) is 60.8 Å². The van der Waals surface area contributed by atoms with Crippen LogP contribution in [0.1, 0.15) is 30.1 Å². The number of benzene rings is 1. The van der Waals surface area contributed by atoms with Gasteiger partial charge in [0.05, 0.1) is 7.11 Å². The summed E-state index contributed by atoms with van der Waals surface area (Å²) in [5.74, 6) is 2.15. The van der Waals surface area contributed by atoms with Gasteiger partial charge in [0.1, 0.15) is 5.75 Å². The molecule has 5 rings (SSSR count). The first-order valence-electron chi connectivity index (χ1n) is 10.4. The molecule has 3 aromatic heterocycles. The van der Waals surface area contributed by atoms with E-state index in [4.69, 9.17) is 14.8 Å². The van der Waals surface area contributed by atoms with Gasteiger partial charge in [-0.1, -0.05) is 18.2 Å². The van der Waals surface area contributed by atoms with Crippen molar-refractivity contribution in [3.8, 4) is 16.9 Å². The van der Waals surface area contributed by atoms with Crippen LogP contribution in [-0.4, -0.2) is 44.7 Å². The quantitative estimate of drug-likeness (QED) is 0.504. The third-order valence-corrected chi connectivity index (χ3v) is 5.75.